The summed E-state index contributed by atoms with van der Waals surface area (Å²) in [6, 6.07) is 0.209. The second-order valence-electron chi connectivity index (χ2n) is 3.79. The maximum Gasteiger partial charge on any atom is 0.315 e. The predicted molar refractivity (Wildman–Crippen MR) is 58.9 cm³/mol. The van der Waals surface area contributed by atoms with Crippen LogP contribution in [0.5, 0.6) is 0 Å². The molecule has 0 aromatic heterocycles. The van der Waals surface area contributed by atoms with Gasteiger partial charge in [-0.3, -0.25) is 0 Å². The number of hydrogen-bond acceptors (Lipinski definition) is 3. The van der Waals surface area contributed by atoms with Crippen molar-refractivity contribution in [1.82, 2.24) is 16.0 Å². The van der Waals surface area contributed by atoms with Gasteiger partial charge in [0.1, 0.15) is 0 Å². The number of urea groups is 1. The van der Waals surface area contributed by atoms with Gasteiger partial charge in [-0.05, 0) is 25.8 Å². The molecule has 1 aliphatic heterocycles. The van der Waals surface area contributed by atoms with Crippen molar-refractivity contribution in [3.8, 4) is 0 Å². The third-order valence-electron chi connectivity index (χ3n) is 2.44. The highest BCUT2D eigenvalue weighted by molar-refractivity contribution is 5.74. The van der Waals surface area contributed by atoms with Crippen molar-refractivity contribution in [2.45, 2.75) is 25.3 Å². The molecule has 1 saturated heterocycles. The molecule has 0 radical (unpaired) electrons. The van der Waals surface area contributed by atoms with Crippen LogP contribution < -0.4 is 16.0 Å². The van der Waals surface area contributed by atoms with E-state index in [-0.39, 0.29) is 12.1 Å². The van der Waals surface area contributed by atoms with Crippen LogP contribution in [0, 0.1) is 0 Å². The molecule has 88 valence electrons. The number of amides is 2. The number of hydrogen-bond donors (Lipinski definition) is 3. The summed E-state index contributed by atoms with van der Waals surface area (Å²) in [7, 11) is 1.66. The Hall–Kier alpha value is -0.810. The summed E-state index contributed by atoms with van der Waals surface area (Å²) >= 11 is 0. The summed E-state index contributed by atoms with van der Waals surface area (Å²) in [4.78, 5) is 11.4. The molecule has 1 atom stereocenters. The zero-order valence-corrected chi connectivity index (χ0v) is 9.34. The van der Waals surface area contributed by atoms with E-state index in [0.717, 1.165) is 32.4 Å². The highest BCUT2D eigenvalue weighted by Crippen LogP contribution is 2.00. The highest BCUT2D eigenvalue weighted by atomic mass is 16.5. The molecular weight excluding hydrogens is 194 g/mol. The lowest BCUT2D eigenvalue weighted by molar-refractivity contribution is 0.193. The van der Waals surface area contributed by atoms with Crippen molar-refractivity contribution < 1.29 is 9.53 Å². The molecule has 1 unspecified atom stereocenters. The molecule has 0 aliphatic carbocycles. The maximum atomic E-state index is 11.4. The Morgan fingerprint density at radius 1 is 1.60 bits per heavy atom. The van der Waals surface area contributed by atoms with Crippen LogP contribution in [0.4, 0.5) is 4.79 Å². The minimum absolute atomic E-state index is 0.0696. The molecule has 0 bridgehead atoms. The Balaban J connectivity index is 2.01. The average Bonchev–Trinajstić information content (AvgIpc) is 2.26. The van der Waals surface area contributed by atoms with Crippen molar-refractivity contribution in [3.63, 3.8) is 0 Å². The van der Waals surface area contributed by atoms with Gasteiger partial charge in [0.25, 0.3) is 0 Å². The molecule has 5 nitrogen and oxygen atoms in total. The van der Waals surface area contributed by atoms with E-state index in [4.69, 9.17) is 4.74 Å². The zero-order valence-electron chi connectivity index (χ0n) is 9.34. The molecule has 0 aromatic carbocycles. The quantitative estimate of drug-likeness (QED) is 0.569. The van der Waals surface area contributed by atoms with Gasteiger partial charge >= 0.3 is 6.03 Å². The molecule has 0 saturated carbocycles. The molecule has 1 heterocycles. The van der Waals surface area contributed by atoms with E-state index in [1.54, 1.807) is 7.11 Å². The summed E-state index contributed by atoms with van der Waals surface area (Å²) in [6.07, 6.45) is 3.06. The standard InChI is InChI=1S/C10H21N3O2/c1-15-7-3-6-12-10(14)13-9-4-2-5-11-8-9/h9,11H,2-8H2,1H3,(H2,12,13,14). The smallest absolute Gasteiger partial charge is 0.315 e. The zero-order chi connectivity index (χ0) is 10.9. The van der Waals surface area contributed by atoms with Crippen LogP contribution in [-0.4, -0.2) is 45.4 Å². The monoisotopic (exact) mass is 215 g/mol. The van der Waals surface area contributed by atoms with Crippen molar-refractivity contribution in [1.29, 1.82) is 0 Å². The SMILES string of the molecule is COCCCNC(=O)NC1CCCNC1. The van der Waals surface area contributed by atoms with Crippen LogP contribution in [0.3, 0.4) is 0 Å². The largest absolute Gasteiger partial charge is 0.385 e. The lowest BCUT2D eigenvalue weighted by Crippen LogP contribution is -2.49. The van der Waals surface area contributed by atoms with Crippen LogP contribution >= 0.6 is 0 Å². The minimum Gasteiger partial charge on any atom is -0.385 e. The Labute approximate surface area is 90.9 Å². The van der Waals surface area contributed by atoms with Gasteiger partial charge in [0.05, 0.1) is 0 Å². The van der Waals surface area contributed by atoms with Gasteiger partial charge in [-0.2, -0.15) is 0 Å². The number of ether oxygens (including phenoxy) is 1. The molecule has 0 aromatic rings. The first-order valence-corrected chi connectivity index (χ1v) is 5.57. The Bertz CT molecular complexity index is 182. The van der Waals surface area contributed by atoms with E-state index in [1.807, 2.05) is 0 Å². The molecule has 3 N–H and O–H groups in total. The van der Waals surface area contributed by atoms with Crippen LogP contribution in [0.15, 0.2) is 0 Å². The van der Waals surface area contributed by atoms with Crippen molar-refractivity contribution in [3.05, 3.63) is 0 Å². The fraction of sp³-hybridized carbons (Fsp3) is 0.900. The topological polar surface area (TPSA) is 62.4 Å². The average molecular weight is 215 g/mol. The van der Waals surface area contributed by atoms with Gasteiger partial charge in [-0.25, -0.2) is 4.79 Å². The molecule has 0 spiro atoms. The third kappa shape index (κ3) is 5.59. The summed E-state index contributed by atoms with van der Waals surface area (Å²) in [5.41, 5.74) is 0. The minimum atomic E-state index is -0.0696. The normalized spacial score (nSPS) is 21.0. The number of nitrogens with one attached hydrogen (secondary N) is 3. The van der Waals surface area contributed by atoms with Crippen molar-refractivity contribution >= 4 is 6.03 Å². The lowest BCUT2D eigenvalue weighted by atomic mass is 10.1. The second-order valence-corrected chi connectivity index (χ2v) is 3.79. The fourth-order valence-electron chi connectivity index (χ4n) is 1.63. The van der Waals surface area contributed by atoms with Gasteiger partial charge < -0.3 is 20.7 Å². The van der Waals surface area contributed by atoms with Gasteiger partial charge in [-0.1, -0.05) is 0 Å². The van der Waals surface area contributed by atoms with E-state index in [1.165, 1.54) is 0 Å². The van der Waals surface area contributed by atoms with Crippen LogP contribution in [0.2, 0.25) is 0 Å². The molecule has 15 heavy (non-hydrogen) atoms. The maximum absolute atomic E-state index is 11.4. The van der Waals surface area contributed by atoms with E-state index in [2.05, 4.69) is 16.0 Å². The van der Waals surface area contributed by atoms with Crippen LogP contribution in [0.25, 0.3) is 0 Å². The van der Waals surface area contributed by atoms with Gasteiger partial charge in [-0.15, -0.1) is 0 Å². The second kappa shape index (κ2) is 7.48. The number of rotatable bonds is 5. The lowest BCUT2D eigenvalue weighted by Gasteiger charge is -2.23. The van der Waals surface area contributed by atoms with E-state index in [9.17, 15) is 4.79 Å². The van der Waals surface area contributed by atoms with Gasteiger partial charge in [0.2, 0.25) is 0 Å². The summed E-state index contributed by atoms with van der Waals surface area (Å²) in [5.74, 6) is 0. The molecule has 1 fully saturated rings. The number of carbonyl (C=O) groups excluding carboxylic acids is 1. The van der Waals surface area contributed by atoms with Crippen molar-refractivity contribution in [2.24, 2.45) is 0 Å². The predicted octanol–water partition coefficient (Wildman–Crippen LogP) is 0.0741. The first kappa shape index (κ1) is 12.3. The summed E-state index contributed by atoms with van der Waals surface area (Å²) < 4.78 is 4.89. The first-order valence-electron chi connectivity index (χ1n) is 5.57. The third-order valence-corrected chi connectivity index (χ3v) is 2.44. The molecule has 5 heteroatoms. The summed E-state index contributed by atoms with van der Waals surface area (Å²) in [5, 5.41) is 9.00. The fourth-order valence-corrected chi connectivity index (χ4v) is 1.63. The Kier molecular flexibility index (Phi) is 6.11. The van der Waals surface area contributed by atoms with Gasteiger partial charge in [0.15, 0.2) is 0 Å². The highest BCUT2D eigenvalue weighted by Gasteiger charge is 2.14. The van der Waals surface area contributed by atoms with Gasteiger partial charge in [0, 0.05) is 32.8 Å². The van der Waals surface area contributed by atoms with Crippen LogP contribution in [0.1, 0.15) is 19.3 Å². The molecular formula is C10H21N3O2. The van der Waals surface area contributed by atoms with E-state index in [0.29, 0.717) is 13.2 Å². The first-order chi connectivity index (χ1) is 7.33. The van der Waals surface area contributed by atoms with E-state index >= 15 is 0 Å². The number of methoxy groups -OCH3 is 1. The Morgan fingerprint density at radius 2 is 2.47 bits per heavy atom. The van der Waals surface area contributed by atoms with E-state index < -0.39 is 0 Å². The number of carbonyl (C=O) groups is 1. The molecule has 2 amide bonds. The number of piperidine rings is 1. The summed E-state index contributed by atoms with van der Waals surface area (Å²) in [6.45, 7) is 3.30. The molecule has 1 aliphatic rings. The van der Waals surface area contributed by atoms with Crippen LogP contribution in [-0.2, 0) is 4.74 Å². The van der Waals surface area contributed by atoms with Crippen molar-refractivity contribution in [2.75, 3.05) is 33.4 Å². The molecule has 1 rings (SSSR count). The Morgan fingerprint density at radius 3 is 3.13 bits per heavy atom.